The Labute approximate surface area is 89.8 Å². The highest BCUT2D eigenvalue weighted by molar-refractivity contribution is 6.37. The van der Waals surface area contributed by atoms with E-state index in [1.807, 2.05) is 0 Å². The van der Waals surface area contributed by atoms with Crippen LogP contribution in [0.2, 0.25) is 0 Å². The van der Waals surface area contributed by atoms with Crippen molar-refractivity contribution in [3.05, 3.63) is 0 Å². The zero-order valence-electron chi connectivity index (χ0n) is 8.15. The Morgan fingerprint density at radius 1 is 1.19 bits per heavy atom. The van der Waals surface area contributed by atoms with Crippen LogP contribution in [-0.4, -0.2) is 39.7 Å². The molecule has 0 aromatic carbocycles. The molecule has 0 aromatic heterocycles. The molecule has 0 bridgehead atoms. The van der Waals surface area contributed by atoms with Gasteiger partial charge in [0.25, 0.3) is 0 Å². The van der Waals surface area contributed by atoms with E-state index in [0.29, 0.717) is 12.8 Å². The van der Waals surface area contributed by atoms with Gasteiger partial charge in [-0.3, -0.25) is 25.1 Å². The average Bonchev–Trinajstić information content (AvgIpc) is 2.49. The average molecular weight is 230 g/mol. The minimum atomic E-state index is -1.49. The van der Waals surface area contributed by atoms with E-state index >= 15 is 0 Å². The third-order valence-electron chi connectivity index (χ3n) is 1.44. The first kappa shape index (κ1) is 13.8. The molecule has 1 aliphatic heterocycles. The van der Waals surface area contributed by atoms with Gasteiger partial charge in [0.1, 0.15) is 5.71 Å². The summed E-state index contributed by atoms with van der Waals surface area (Å²) in [6.07, 6.45) is 0.0208. The van der Waals surface area contributed by atoms with Crippen molar-refractivity contribution in [1.82, 2.24) is 5.32 Å². The Kier molecular flexibility index (Phi) is 5.39. The summed E-state index contributed by atoms with van der Waals surface area (Å²) >= 11 is 0. The van der Waals surface area contributed by atoms with Crippen LogP contribution < -0.4 is 5.32 Å². The van der Waals surface area contributed by atoms with Crippen molar-refractivity contribution in [2.75, 3.05) is 0 Å². The molecule has 1 saturated heterocycles. The summed E-state index contributed by atoms with van der Waals surface area (Å²) in [6.45, 7) is 0. The van der Waals surface area contributed by atoms with Crippen LogP contribution in [0.4, 0.5) is 0 Å². The van der Waals surface area contributed by atoms with Crippen LogP contribution in [0.3, 0.4) is 0 Å². The van der Waals surface area contributed by atoms with Gasteiger partial charge >= 0.3 is 11.9 Å². The quantitative estimate of drug-likeness (QED) is 0.361. The monoisotopic (exact) mass is 230 g/mol. The molecule has 4 N–H and O–H groups in total. The lowest BCUT2D eigenvalue weighted by Gasteiger charge is -1.89. The molecule has 1 heterocycles. The van der Waals surface area contributed by atoms with Gasteiger partial charge in [0.15, 0.2) is 0 Å². The fourth-order valence-electron chi connectivity index (χ4n) is 0.734. The second-order valence-corrected chi connectivity index (χ2v) is 2.83. The summed E-state index contributed by atoms with van der Waals surface area (Å²) in [6, 6.07) is 0. The molecular formula is C8H10N2O6. The molecule has 0 aliphatic carbocycles. The zero-order chi connectivity index (χ0) is 12.7. The maximum atomic E-state index is 10.1. The summed E-state index contributed by atoms with van der Waals surface area (Å²) in [5, 5.41) is 24.5. The summed E-state index contributed by atoms with van der Waals surface area (Å²) < 4.78 is 0. The predicted molar refractivity (Wildman–Crippen MR) is 50.0 cm³/mol. The number of nitrogens with one attached hydrogen (secondary N) is 2. The molecule has 2 amide bonds. The number of rotatable bonds is 3. The molecular weight excluding hydrogens is 220 g/mol. The molecule has 0 aromatic rings. The molecule has 0 saturated carbocycles. The predicted octanol–water partition coefficient (Wildman–Crippen LogP) is -1.01. The Hall–Kier alpha value is -2.25. The molecule has 88 valence electrons. The fraction of sp³-hybridized carbons (Fsp3) is 0.375. The van der Waals surface area contributed by atoms with Gasteiger partial charge in [-0.05, 0) is 0 Å². The number of carboxylic acids is 2. The van der Waals surface area contributed by atoms with Crippen molar-refractivity contribution >= 4 is 29.5 Å². The number of amides is 2. The van der Waals surface area contributed by atoms with Crippen LogP contribution in [0.5, 0.6) is 0 Å². The molecule has 8 nitrogen and oxygen atoms in total. The van der Waals surface area contributed by atoms with Crippen molar-refractivity contribution in [3.8, 4) is 0 Å². The van der Waals surface area contributed by atoms with Gasteiger partial charge in [-0.15, -0.1) is 0 Å². The summed E-state index contributed by atoms with van der Waals surface area (Å²) in [5.74, 6) is -3.09. The minimum absolute atomic E-state index is 0.148. The third kappa shape index (κ3) is 6.24. The molecule has 0 unspecified atom stereocenters. The van der Waals surface area contributed by atoms with Crippen LogP contribution >= 0.6 is 0 Å². The van der Waals surface area contributed by atoms with E-state index in [0.717, 1.165) is 0 Å². The summed E-state index contributed by atoms with van der Waals surface area (Å²) in [5.41, 5.74) is -0.803. The number of carboxylic acid groups (broad SMARTS) is 2. The van der Waals surface area contributed by atoms with Gasteiger partial charge in [-0.25, -0.2) is 4.79 Å². The van der Waals surface area contributed by atoms with Crippen LogP contribution in [0.1, 0.15) is 19.3 Å². The van der Waals surface area contributed by atoms with Crippen molar-refractivity contribution in [1.29, 1.82) is 5.41 Å². The second kappa shape index (κ2) is 6.27. The highest BCUT2D eigenvalue weighted by Gasteiger charge is 2.15. The Morgan fingerprint density at radius 3 is 1.75 bits per heavy atom. The van der Waals surface area contributed by atoms with E-state index in [-0.39, 0.29) is 11.8 Å². The van der Waals surface area contributed by atoms with Crippen LogP contribution in [0.25, 0.3) is 0 Å². The number of hydrogen-bond acceptors (Lipinski definition) is 5. The molecule has 8 heteroatoms. The number of hydrogen-bond donors (Lipinski definition) is 4. The maximum absolute atomic E-state index is 10.1. The molecule has 1 fully saturated rings. The van der Waals surface area contributed by atoms with Gasteiger partial charge in [-0.2, -0.15) is 0 Å². The lowest BCUT2D eigenvalue weighted by atomic mass is 10.3. The Bertz CT molecular complexity index is 334. The number of carbonyl (C=O) groups excluding carboxylic acids is 2. The van der Waals surface area contributed by atoms with E-state index in [1.165, 1.54) is 0 Å². The van der Waals surface area contributed by atoms with Gasteiger partial charge in [0.05, 0.1) is 6.42 Å². The Balaban J connectivity index is 0.000000288. The van der Waals surface area contributed by atoms with E-state index < -0.39 is 24.1 Å². The lowest BCUT2D eigenvalue weighted by molar-refractivity contribution is -0.137. The van der Waals surface area contributed by atoms with Crippen LogP contribution in [0, 0.1) is 5.41 Å². The minimum Gasteiger partial charge on any atom is -0.481 e. The number of imide groups is 1. The molecule has 1 aliphatic rings. The van der Waals surface area contributed by atoms with E-state index in [2.05, 4.69) is 5.32 Å². The SMILES string of the molecule is N=C(CC(=O)O)C(=O)O.O=C1CCC(=O)N1. The largest absolute Gasteiger partial charge is 0.481 e. The maximum Gasteiger partial charge on any atom is 0.350 e. The van der Waals surface area contributed by atoms with Gasteiger partial charge in [0.2, 0.25) is 11.8 Å². The molecule has 16 heavy (non-hydrogen) atoms. The lowest BCUT2D eigenvalue weighted by Crippen LogP contribution is -2.18. The Morgan fingerprint density at radius 2 is 1.62 bits per heavy atom. The second-order valence-electron chi connectivity index (χ2n) is 2.83. The van der Waals surface area contributed by atoms with Gasteiger partial charge < -0.3 is 10.2 Å². The smallest absolute Gasteiger partial charge is 0.350 e. The van der Waals surface area contributed by atoms with Crippen molar-refractivity contribution in [3.63, 3.8) is 0 Å². The first-order valence-corrected chi connectivity index (χ1v) is 4.18. The van der Waals surface area contributed by atoms with Gasteiger partial charge in [0, 0.05) is 12.8 Å². The first-order valence-electron chi connectivity index (χ1n) is 4.18. The highest BCUT2D eigenvalue weighted by Crippen LogP contribution is 1.95. The normalized spacial score (nSPS) is 13.5. The van der Waals surface area contributed by atoms with E-state index in [4.69, 9.17) is 15.6 Å². The number of carbonyl (C=O) groups is 4. The van der Waals surface area contributed by atoms with Gasteiger partial charge in [-0.1, -0.05) is 0 Å². The van der Waals surface area contributed by atoms with E-state index in [1.54, 1.807) is 0 Å². The highest BCUT2D eigenvalue weighted by atomic mass is 16.4. The topological polar surface area (TPSA) is 145 Å². The molecule has 0 atom stereocenters. The van der Waals surface area contributed by atoms with E-state index in [9.17, 15) is 19.2 Å². The molecule has 0 radical (unpaired) electrons. The van der Waals surface area contributed by atoms with Crippen molar-refractivity contribution < 1.29 is 29.4 Å². The summed E-state index contributed by atoms with van der Waals surface area (Å²) in [4.78, 5) is 39.7. The van der Waals surface area contributed by atoms with Crippen molar-refractivity contribution in [2.45, 2.75) is 19.3 Å². The first-order chi connectivity index (χ1) is 7.32. The van der Waals surface area contributed by atoms with Crippen molar-refractivity contribution in [2.24, 2.45) is 0 Å². The molecule has 1 rings (SSSR count). The van der Waals surface area contributed by atoms with Crippen LogP contribution in [0.15, 0.2) is 0 Å². The third-order valence-corrected chi connectivity index (χ3v) is 1.44. The zero-order valence-corrected chi connectivity index (χ0v) is 8.15. The molecule has 0 spiro atoms. The fourth-order valence-corrected chi connectivity index (χ4v) is 0.734. The standard InChI is InChI=1S/C4H5NO4.C4H5NO2/c5-2(4(8)9)1-3(6)7;6-3-1-2-4(7)5-3/h5H,1H2,(H,6,7)(H,8,9);1-2H2,(H,5,6,7). The summed E-state index contributed by atoms with van der Waals surface area (Å²) in [7, 11) is 0. The van der Waals surface area contributed by atoms with Crippen LogP contribution in [-0.2, 0) is 19.2 Å². The number of aliphatic carboxylic acids is 2.